The minimum Gasteiger partial charge on any atom is -0.390 e. The molecule has 0 fully saturated rings. The SMILES string of the molecule is CCCCCCCCC[C@H](CC(O)(C[Si](C)(C)C)C[Si](C)(C)C)N(Cc1ccccc1)[C@H](C)c1ccccc1. The van der Waals surface area contributed by atoms with Crippen molar-refractivity contribution in [3.63, 3.8) is 0 Å². The second-order valence-corrected chi connectivity index (χ2v) is 25.7. The molecule has 0 radical (unpaired) electrons. The molecule has 0 unspecified atom stereocenters. The van der Waals surface area contributed by atoms with Gasteiger partial charge >= 0.3 is 0 Å². The Morgan fingerprint density at radius 3 is 1.72 bits per heavy atom. The van der Waals surface area contributed by atoms with Crippen molar-refractivity contribution < 1.29 is 5.11 Å². The van der Waals surface area contributed by atoms with Crippen molar-refractivity contribution in [3.05, 3.63) is 71.8 Å². The molecule has 0 aliphatic rings. The zero-order valence-corrected chi connectivity index (χ0v) is 28.8. The van der Waals surface area contributed by atoms with E-state index >= 15 is 0 Å². The lowest BCUT2D eigenvalue weighted by Crippen LogP contribution is -2.49. The van der Waals surface area contributed by atoms with Crippen LogP contribution in [0.5, 0.6) is 0 Å². The maximum atomic E-state index is 12.5. The van der Waals surface area contributed by atoms with E-state index in [0.717, 1.165) is 31.5 Å². The fraction of sp³-hybridized carbons (Fsp3) is 0.657. The molecule has 0 bridgehead atoms. The molecule has 2 rings (SSSR count). The summed E-state index contributed by atoms with van der Waals surface area (Å²) in [6.45, 7) is 20.2. The minimum atomic E-state index is -1.46. The predicted octanol–water partition coefficient (Wildman–Crippen LogP) is 10.6. The molecule has 1 N–H and O–H groups in total. The van der Waals surface area contributed by atoms with Crippen molar-refractivity contribution in [3.8, 4) is 0 Å². The van der Waals surface area contributed by atoms with E-state index < -0.39 is 21.7 Å². The maximum absolute atomic E-state index is 12.5. The van der Waals surface area contributed by atoms with E-state index in [2.05, 4.69) is 119 Å². The van der Waals surface area contributed by atoms with Gasteiger partial charge in [-0.3, -0.25) is 4.90 Å². The first-order valence-electron chi connectivity index (χ1n) is 15.9. The Bertz CT molecular complexity index is 888. The highest BCUT2D eigenvalue weighted by molar-refractivity contribution is 6.78. The third-order valence-corrected chi connectivity index (χ3v) is 11.4. The molecule has 39 heavy (non-hydrogen) atoms. The van der Waals surface area contributed by atoms with Crippen molar-refractivity contribution in [2.75, 3.05) is 0 Å². The van der Waals surface area contributed by atoms with E-state index in [9.17, 15) is 5.11 Å². The van der Waals surface area contributed by atoms with Gasteiger partial charge in [0, 0.05) is 34.8 Å². The average Bonchev–Trinajstić information content (AvgIpc) is 2.84. The van der Waals surface area contributed by atoms with Crippen LogP contribution in [0.1, 0.15) is 88.8 Å². The van der Waals surface area contributed by atoms with E-state index in [1.165, 1.54) is 56.1 Å². The van der Waals surface area contributed by atoms with Gasteiger partial charge in [-0.15, -0.1) is 0 Å². The number of hydrogen-bond donors (Lipinski definition) is 1. The molecule has 2 aromatic rings. The third-order valence-electron chi connectivity index (χ3n) is 7.93. The fourth-order valence-corrected chi connectivity index (χ4v) is 11.4. The summed E-state index contributed by atoms with van der Waals surface area (Å²) in [6.07, 6.45) is 11.4. The van der Waals surface area contributed by atoms with E-state index in [1.54, 1.807) is 0 Å². The molecule has 0 saturated carbocycles. The van der Waals surface area contributed by atoms with Gasteiger partial charge in [-0.1, -0.05) is 152 Å². The Hall–Kier alpha value is -1.21. The Labute approximate surface area is 244 Å². The largest absolute Gasteiger partial charge is 0.390 e. The summed E-state index contributed by atoms with van der Waals surface area (Å²) in [7, 11) is -2.92. The highest BCUT2D eigenvalue weighted by Gasteiger charge is 2.40. The first kappa shape index (κ1) is 34.0. The zero-order valence-electron chi connectivity index (χ0n) is 26.8. The summed E-state index contributed by atoms with van der Waals surface area (Å²) in [5.41, 5.74) is 2.16. The van der Waals surface area contributed by atoms with Crippen LogP contribution < -0.4 is 0 Å². The maximum Gasteiger partial charge on any atom is 0.0616 e. The summed E-state index contributed by atoms with van der Waals surface area (Å²) in [4.78, 5) is 2.74. The molecule has 4 heteroatoms. The van der Waals surface area contributed by atoms with E-state index in [4.69, 9.17) is 0 Å². The molecule has 0 spiro atoms. The van der Waals surface area contributed by atoms with Crippen LogP contribution in [-0.4, -0.2) is 37.8 Å². The van der Waals surface area contributed by atoms with Gasteiger partial charge in [-0.05, 0) is 43.0 Å². The lowest BCUT2D eigenvalue weighted by atomic mass is 9.90. The summed E-state index contributed by atoms with van der Waals surface area (Å²) in [5.74, 6) is 0. The van der Waals surface area contributed by atoms with Crippen LogP contribution in [0.3, 0.4) is 0 Å². The molecule has 2 aromatic carbocycles. The smallest absolute Gasteiger partial charge is 0.0616 e. The van der Waals surface area contributed by atoms with Crippen molar-refractivity contribution in [2.24, 2.45) is 0 Å². The van der Waals surface area contributed by atoms with Crippen LogP contribution >= 0.6 is 0 Å². The predicted molar refractivity (Wildman–Crippen MR) is 179 cm³/mol. The summed E-state index contributed by atoms with van der Waals surface area (Å²) in [5, 5.41) is 12.5. The van der Waals surface area contributed by atoms with Crippen LogP contribution in [0.2, 0.25) is 51.4 Å². The topological polar surface area (TPSA) is 23.5 Å². The first-order valence-corrected chi connectivity index (χ1v) is 23.3. The molecule has 0 amide bonds. The molecule has 0 aliphatic heterocycles. The van der Waals surface area contributed by atoms with Crippen LogP contribution in [-0.2, 0) is 6.54 Å². The van der Waals surface area contributed by atoms with E-state index in [0.29, 0.717) is 12.1 Å². The fourth-order valence-electron chi connectivity index (χ4n) is 6.64. The van der Waals surface area contributed by atoms with Gasteiger partial charge < -0.3 is 5.11 Å². The molecule has 0 saturated heterocycles. The summed E-state index contributed by atoms with van der Waals surface area (Å²) >= 11 is 0. The van der Waals surface area contributed by atoms with E-state index in [-0.39, 0.29) is 0 Å². The lowest BCUT2D eigenvalue weighted by Gasteiger charge is -2.44. The zero-order chi connectivity index (χ0) is 28.9. The van der Waals surface area contributed by atoms with Crippen molar-refractivity contribution >= 4 is 16.1 Å². The number of aliphatic hydroxyl groups is 1. The van der Waals surface area contributed by atoms with Gasteiger partial charge in [0.25, 0.3) is 0 Å². The van der Waals surface area contributed by atoms with Gasteiger partial charge in [0.05, 0.1) is 5.60 Å². The summed E-state index contributed by atoms with van der Waals surface area (Å²) < 4.78 is 0. The number of hydrogen-bond acceptors (Lipinski definition) is 2. The monoisotopic (exact) mass is 567 g/mol. The Kier molecular flexibility index (Phi) is 14.2. The standard InChI is InChI=1S/C35H61NOSi2/c1-9-10-11-12-13-14-21-26-34(27-35(37,29-38(3,4)5)30-39(6,7)8)36(28-32-22-17-15-18-23-32)31(2)33-24-19-16-20-25-33/h15-20,22-25,31,34,37H,9-14,21,26-30H2,1-8H3/t31-,34-/m1/s1. The summed E-state index contributed by atoms with van der Waals surface area (Å²) in [6, 6.07) is 24.7. The quantitative estimate of drug-likeness (QED) is 0.135. The van der Waals surface area contributed by atoms with Crippen molar-refractivity contribution in [1.82, 2.24) is 4.90 Å². The number of unbranched alkanes of at least 4 members (excludes halogenated alkanes) is 6. The molecule has 2 atom stereocenters. The molecular weight excluding hydrogens is 507 g/mol. The molecule has 0 aromatic heterocycles. The molecule has 220 valence electrons. The Balaban J connectivity index is 2.40. The molecular formula is C35H61NOSi2. The van der Waals surface area contributed by atoms with Crippen LogP contribution in [0.25, 0.3) is 0 Å². The van der Waals surface area contributed by atoms with E-state index in [1.807, 2.05) is 0 Å². The minimum absolute atomic E-state index is 0.295. The van der Waals surface area contributed by atoms with Gasteiger partial charge in [-0.2, -0.15) is 0 Å². The average molecular weight is 568 g/mol. The number of nitrogens with zero attached hydrogens (tertiary/aromatic N) is 1. The Morgan fingerprint density at radius 2 is 1.21 bits per heavy atom. The number of rotatable bonds is 19. The second kappa shape index (κ2) is 16.3. The van der Waals surface area contributed by atoms with Crippen LogP contribution in [0.4, 0.5) is 0 Å². The second-order valence-electron chi connectivity index (χ2n) is 14.7. The lowest BCUT2D eigenvalue weighted by molar-refractivity contribution is 0.0141. The number of benzene rings is 2. The van der Waals surface area contributed by atoms with Crippen molar-refractivity contribution in [1.29, 1.82) is 0 Å². The molecule has 2 nitrogen and oxygen atoms in total. The van der Waals surface area contributed by atoms with Gasteiger partial charge in [0.15, 0.2) is 0 Å². The van der Waals surface area contributed by atoms with Gasteiger partial charge in [0.2, 0.25) is 0 Å². The highest BCUT2D eigenvalue weighted by Crippen LogP contribution is 2.38. The molecule has 0 aliphatic carbocycles. The first-order chi connectivity index (χ1) is 18.3. The van der Waals surface area contributed by atoms with Gasteiger partial charge in [-0.25, -0.2) is 0 Å². The van der Waals surface area contributed by atoms with Crippen molar-refractivity contribution in [2.45, 2.75) is 147 Å². The normalized spacial score (nSPS) is 14.5. The highest BCUT2D eigenvalue weighted by atomic mass is 28.3. The third kappa shape index (κ3) is 13.8. The molecule has 0 heterocycles. The van der Waals surface area contributed by atoms with Crippen LogP contribution in [0, 0.1) is 0 Å². The Morgan fingerprint density at radius 1 is 0.718 bits per heavy atom. The van der Waals surface area contributed by atoms with Gasteiger partial charge in [0.1, 0.15) is 0 Å². The van der Waals surface area contributed by atoms with Crippen LogP contribution in [0.15, 0.2) is 60.7 Å².